The molecular formula is H2AgBF4O. The zero-order valence-corrected chi connectivity index (χ0v) is 4.37. The summed E-state index contributed by atoms with van der Waals surface area (Å²) in [6, 6.07) is 0. The van der Waals surface area contributed by atoms with Crippen molar-refractivity contribution in [2.24, 2.45) is 0 Å². The number of hydrogen-bond acceptors (Lipinski definition) is 0. The van der Waals surface area contributed by atoms with E-state index in [2.05, 4.69) is 0 Å². The third kappa shape index (κ3) is 554. The summed E-state index contributed by atoms with van der Waals surface area (Å²) in [5.41, 5.74) is 0. The molecule has 0 aromatic heterocycles. The summed E-state index contributed by atoms with van der Waals surface area (Å²) in [7, 11) is -6.00. The molecule has 0 bridgehead atoms. The fourth-order valence-corrected chi connectivity index (χ4v) is 0. The average molecular weight is 213 g/mol. The van der Waals surface area contributed by atoms with Gasteiger partial charge in [-0.1, -0.05) is 0 Å². The zero-order chi connectivity index (χ0) is 4.50. The normalized spacial score (nSPS) is 8.57. The van der Waals surface area contributed by atoms with Gasteiger partial charge in [-0.2, -0.15) is 0 Å². The molecule has 0 spiro atoms. The maximum Gasteiger partial charge on any atom is 1.00 e. The Hall–Kier alpha value is 0.485. The third-order valence-electron chi connectivity index (χ3n) is 0. The summed E-state index contributed by atoms with van der Waals surface area (Å²) < 4.78 is 39.0. The molecule has 0 aromatic carbocycles. The minimum Gasteiger partial charge on any atom is -0.418 e. The summed E-state index contributed by atoms with van der Waals surface area (Å²) in [5.74, 6) is 0. The van der Waals surface area contributed by atoms with Crippen LogP contribution in [0.1, 0.15) is 0 Å². The molecule has 0 rings (SSSR count). The van der Waals surface area contributed by atoms with Crippen LogP contribution in [-0.4, -0.2) is 12.7 Å². The molecule has 0 aliphatic heterocycles. The molecule has 0 fully saturated rings. The Labute approximate surface area is 53.0 Å². The first kappa shape index (κ1) is 15.6. The zero-order valence-electron chi connectivity index (χ0n) is 2.89. The molecule has 0 heterocycles. The van der Waals surface area contributed by atoms with Crippen molar-refractivity contribution >= 4 is 7.25 Å². The monoisotopic (exact) mass is 212 g/mol. The smallest absolute Gasteiger partial charge is 0.418 e. The molecule has 0 amide bonds. The van der Waals surface area contributed by atoms with E-state index in [4.69, 9.17) is 0 Å². The summed E-state index contributed by atoms with van der Waals surface area (Å²) in [4.78, 5) is 0. The predicted molar refractivity (Wildman–Crippen MR) is 13.8 cm³/mol. The molecule has 0 saturated carbocycles. The van der Waals surface area contributed by atoms with Crippen LogP contribution in [0.3, 0.4) is 0 Å². The number of hydrogen-bond donors (Lipinski definition) is 0. The van der Waals surface area contributed by atoms with Crippen LogP contribution in [0.4, 0.5) is 17.3 Å². The van der Waals surface area contributed by atoms with Crippen LogP contribution in [0.25, 0.3) is 0 Å². The van der Waals surface area contributed by atoms with Crippen LogP contribution in [0.15, 0.2) is 0 Å². The minimum absolute atomic E-state index is 0. The van der Waals surface area contributed by atoms with Gasteiger partial charge in [0.2, 0.25) is 0 Å². The van der Waals surface area contributed by atoms with Gasteiger partial charge in [0.05, 0.1) is 0 Å². The summed E-state index contributed by atoms with van der Waals surface area (Å²) in [5, 5.41) is 0. The maximum absolute atomic E-state index is 9.75. The summed E-state index contributed by atoms with van der Waals surface area (Å²) in [6.45, 7) is 0. The van der Waals surface area contributed by atoms with Gasteiger partial charge in [0.15, 0.2) is 0 Å². The van der Waals surface area contributed by atoms with E-state index < -0.39 is 7.25 Å². The third-order valence-corrected chi connectivity index (χ3v) is 0. The first-order valence-electron chi connectivity index (χ1n) is 0.873. The van der Waals surface area contributed by atoms with Gasteiger partial charge in [-0.15, -0.1) is 0 Å². The maximum atomic E-state index is 9.75. The molecule has 7 heteroatoms. The van der Waals surface area contributed by atoms with Crippen LogP contribution in [0.2, 0.25) is 0 Å². The van der Waals surface area contributed by atoms with Gasteiger partial charge in [0.25, 0.3) is 0 Å². The molecule has 0 saturated heterocycles. The van der Waals surface area contributed by atoms with E-state index in [1.54, 1.807) is 0 Å². The van der Waals surface area contributed by atoms with E-state index in [1.165, 1.54) is 0 Å². The largest absolute Gasteiger partial charge is 1.00 e. The molecule has 0 atom stereocenters. The quantitative estimate of drug-likeness (QED) is 0.413. The van der Waals surface area contributed by atoms with E-state index in [9.17, 15) is 17.3 Å². The van der Waals surface area contributed by atoms with E-state index in [-0.39, 0.29) is 27.9 Å². The van der Waals surface area contributed by atoms with E-state index in [0.29, 0.717) is 0 Å². The standard InChI is InChI=1S/Ag.BF4.H2O/c;2-1(3,4)5;/h;;1H2/q+1;-1;. The van der Waals surface area contributed by atoms with Crippen molar-refractivity contribution in [2.75, 3.05) is 0 Å². The van der Waals surface area contributed by atoms with Crippen molar-refractivity contribution < 1.29 is 45.1 Å². The summed E-state index contributed by atoms with van der Waals surface area (Å²) in [6.07, 6.45) is 0. The minimum atomic E-state index is -6.00. The molecule has 0 radical (unpaired) electrons. The van der Waals surface area contributed by atoms with E-state index in [1.807, 2.05) is 0 Å². The van der Waals surface area contributed by atoms with Gasteiger partial charge >= 0.3 is 29.6 Å². The van der Waals surface area contributed by atoms with Crippen LogP contribution < -0.4 is 0 Å². The molecule has 0 unspecified atom stereocenters. The SMILES string of the molecule is F[B-](F)(F)F.O.[Ag+]. The molecule has 0 aliphatic rings. The topological polar surface area (TPSA) is 31.5 Å². The number of halogens is 4. The van der Waals surface area contributed by atoms with Crippen LogP contribution in [0.5, 0.6) is 0 Å². The second-order valence-corrected chi connectivity index (χ2v) is 0.495. The Kier molecular flexibility index (Phi) is 10.4. The number of rotatable bonds is 0. The molecule has 7 heavy (non-hydrogen) atoms. The first-order valence-corrected chi connectivity index (χ1v) is 0.873. The molecule has 50 valence electrons. The predicted octanol–water partition coefficient (Wildman–Crippen LogP) is 0.473. The van der Waals surface area contributed by atoms with Crippen LogP contribution in [-0.2, 0) is 22.4 Å². The van der Waals surface area contributed by atoms with Crippen molar-refractivity contribution in [1.82, 2.24) is 0 Å². The average Bonchev–Trinajstić information content (AvgIpc) is 0.722. The van der Waals surface area contributed by atoms with Gasteiger partial charge < -0.3 is 22.7 Å². The van der Waals surface area contributed by atoms with Crippen molar-refractivity contribution in [1.29, 1.82) is 0 Å². The van der Waals surface area contributed by atoms with Gasteiger partial charge in [0.1, 0.15) is 0 Å². The Morgan fingerprint density at radius 2 is 0.857 bits per heavy atom. The van der Waals surface area contributed by atoms with Crippen molar-refractivity contribution in [3.05, 3.63) is 0 Å². The van der Waals surface area contributed by atoms with Gasteiger partial charge in [-0.3, -0.25) is 0 Å². The van der Waals surface area contributed by atoms with E-state index in [0.717, 1.165) is 0 Å². The second kappa shape index (κ2) is 4.64. The van der Waals surface area contributed by atoms with Gasteiger partial charge in [-0.25, -0.2) is 0 Å². The van der Waals surface area contributed by atoms with Crippen LogP contribution >= 0.6 is 0 Å². The Morgan fingerprint density at radius 3 is 0.857 bits per heavy atom. The molecular weight excluding hydrogens is 211 g/mol. The molecule has 2 N–H and O–H groups in total. The summed E-state index contributed by atoms with van der Waals surface area (Å²) >= 11 is 0. The molecule has 1 nitrogen and oxygen atoms in total. The molecule has 0 aliphatic carbocycles. The Bertz CT molecular complexity index is 27.2. The van der Waals surface area contributed by atoms with Crippen molar-refractivity contribution in [3.8, 4) is 0 Å². The molecule has 0 aromatic rings. The fraction of sp³-hybridized carbons (Fsp3) is 0. The Morgan fingerprint density at radius 1 is 0.857 bits per heavy atom. The van der Waals surface area contributed by atoms with Crippen molar-refractivity contribution in [2.45, 2.75) is 0 Å². The van der Waals surface area contributed by atoms with E-state index >= 15 is 0 Å². The van der Waals surface area contributed by atoms with Gasteiger partial charge in [0, 0.05) is 0 Å². The first-order chi connectivity index (χ1) is 2.00. The second-order valence-electron chi connectivity index (χ2n) is 0.495. The van der Waals surface area contributed by atoms with Gasteiger partial charge in [-0.05, 0) is 0 Å². The van der Waals surface area contributed by atoms with Crippen LogP contribution in [0, 0.1) is 0 Å². The van der Waals surface area contributed by atoms with Crippen molar-refractivity contribution in [3.63, 3.8) is 0 Å². The Balaban J connectivity index is -0.0000000800. The fourth-order valence-electron chi connectivity index (χ4n) is 0.